The van der Waals surface area contributed by atoms with Gasteiger partial charge in [0.2, 0.25) is 12.7 Å². The molecule has 1 aliphatic heterocycles. The number of aromatic amines is 1. The highest BCUT2D eigenvalue weighted by Gasteiger charge is 2.27. The molecule has 7 aromatic carbocycles. The number of halogens is 3. The fourth-order valence-corrected chi connectivity index (χ4v) is 19.9. The average molecular weight is 2190 g/mol. The number of carboxylic acid groups (broad SMARTS) is 1. The molecule has 23 nitrogen and oxygen atoms in total. The van der Waals surface area contributed by atoms with Crippen LogP contribution in [-0.4, -0.2) is 144 Å². The maximum absolute atomic E-state index is 10.2. The predicted molar refractivity (Wildman–Crippen MR) is 628 cm³/mol. The molecule has 13 rings (SSSR count). The molecule has 1 radical (unpaired) electrons. The predicted octanol–water partition coefficient (Wildman–Crippen LogP) is 24.2. The van der Waals surface area contributed by atoms with Crippen LogP contribution in [0.15, 0.2) is 158 Å². The molecule has 0 saturated heterocycles. The second-order valence-corrected chi connectivity index (χ2v) is 40.5. The molecule has 15 N–H and O–H groups in total. The summed E-state index contributed by atoms with van der Waals surface area (Å²) < 4.78 is 35.1. The smallest absolute Gasteiger partial charge is 0.537 e. The van der Waals surface area contributed by atoms with Gasteiger partial charge < -0.3 is 71.9 Å². The Balaban J connectivity index is 0.000000302. The molecule has 5 aromatic heterocycles. The highest BCUT2D eigenvalue weighted by atomic mass is 79.9. The standard InChI is InChI=1S/C44H63B2N4O4S2.C30H50N4S2.C11H23BrS.C9H7N3.C7H8BBrO2.C6H10N4.CH3F.CH2O2/c51-45-54-44-26-18-16-24-38(44)34-50-36-48(28-20-12-8-4-2-6-10-14-22-30-56)41-31-40-42(32-43(41)50)49(33-37-23-15-17-25-39(37)46(52)53)35-47(40)27-19-11-7-3-1-5-9-13-21-29-55;35-21-17-13-9-5-1-3-7-11-15-19-33-25-31-27-23-28-30(24-29(27)33)34(26-32-28)20-16-12-8-4-2-6-10-14-18-22-36;12-10-8-6-4-2-1-3-5-7-9-11-13;1-2-10-7-4-9-8(3-6(1)7)11-5-12-9;9-5-6-3-1-2-4-7(6)8(10)11;7-3-1-4(8)6(10)2-5(3)9;1-2;2-1-3/h15-18,23-26,31-32,35-36,51-53H,1-14,19-22,27-30,33-34H2;23-26,35-36H,1-22H2;13H,1-11H2;2-5H,1H2,(H,11,12);1-4,10-11H,5H2;1-2H,7-10H2;1H3;1H,(H,2,3)/p+2/i;;;;;;1D;. The third-order valence-corrected chi connectivity index (χ3v) is 28.6. The number of benzene rings is 7. The van der Waals surface area contributed by atoms with E-state index in [0.29, 0.717) is 57.8 Å². The van der Waals surface area contributed by atoms with Crippen molar-refractivity contribution in [2.24, 2.45) is 4.99 Å². The molecule has 34 heteroatoms. The van der Waals surface area contributed by atoms with Crippen LogP contribution >= 0.6 is 95.0 Å². The highest BCUT2D eigenvalue weighted by molar-refractivity contribution is 9.09. The Morgan fingerprint density at radius 1 is 0.441 bits per heavy atom. The van der Waals surface area contributed by atoms with Gasteiger partial charge in [-0.2, -0.15) is 63.1 Å². The van der Waals surface area contributed by atoms with Crippen molar-refractivity contribution in [3.05, 3.63) is 175 Å². The summed E-state index contributed by atoms with van der Waals surface area (Å²) in [6.07, 6.45) is 72.5. The van der Waals surface area contributed by atoms with Gasteiger partial charge in [0.1, 0.15) is 18.8 Å². The lowest BCUT2D eigenvalue weighted by molar-refractivity contribution is -0.667. The van der Waals surface area contributed by atoms with Crippen LogP contribution in [0.1, 0.15) is 313 Å². The Hall–Kier alpha value is -7.34. The number of H-pyrrole nitrogens is 1. The Morgan fingerprint density at radius 2 is 0.776 bits per heavy atom. The van der Waals surface area contributed by atoms with Crippen LogP contribution < -0.4 is 47.6 Å². The molecular weight excluding hydrogens is 2020 g/mol. The van der Waals surface area contributed by atoms with E-state index in [4.69, 9.17) is 48.9 Å². The van der Waals surface area contributed by atoms with Gasteiger partial charge in [-0.25, -0.2) is 33.2 Å². The van der Waals surface area contributed by atoms with E-state index in [1.165, 1.54) is 309 Å². The summed E-state index contributed by atoms with van der Waals surface area (Å²) in [7, 11) is -3.16. The minimum absolute atomic E-state index is 0.250. The Bertz CT molecular complexity index is 5300. The number of nitrogens with two attached hydrogens (primary N) is 4. The summed E-state index contributed by atoms with van der Waals surface area (Å²) in [6, 6.07) is 39.0. The van der Waals surface area contributed by atoms with Crippen LogP contribution in [0.5, 0.6) is 5.75 Å². The van der Waals surface area contributed by atoms with E-state index in [2.05, 4.69) is 190 Å². The summed E-state index contributed by atoms with van der Waals surface area (Å²) in [5.41, 5.74) is 41.1. The summed E-state index contributed by atoms with van der Waals surface area (Å²) in [4.78, 5) is 29.2. The number of imidazole rings is 5. The van der Waals surface area contributed by atoms with Crippen LogP contribution in [-0.2, 0) is 55.8 Å². The molecule has 0 fully saturated rings. The van der Waals surface area contributed by atoms with Crippen molar-refractivity contribution in [3.63, 3.8) is 0 Å². The highest BCUT2D eigenvalue weighted by Crippen LogP contribution is 2.31. The molecule has 0 atom stereocenters. The number of thiol groups is 5. The number of nitrogens with zero attached hydrogens (tertiary/aromatic N) is 10. The first kappa shape index (κ1) is 123. The van der Waals surface area contributed by atoms with E-state index >= 15 is 0 Å². The van der Waals surface area contributed by atoms with E-state index in [0.717, 1.165) is 137 Å². The number of anilines is 4. The lowest BCUT2D eigenvalue weighted by Gasteiger charge is -2.08. The first-order chi connectivity index (χ1) is 70.4. The van der Waals surface area contributed by atoms with Gasteiger partial charge in [-0.1, -0.05) is 310 Å². The lowest BCUT2D eigenvalue weighted by atomic mass is 9.77. The molecular formula is C109H168B3Br2FN15O8S5+2. The zero-order valence-electron chi connectivity index (χ0n) is 85.9. The van der Waals surface area contributed by atoms with Crippen LogP contribution in [0.3, 0.4) is 0 Å². The molecule has 0 aliphatic carbocycles. The fraction of sp³-hybridized carbons (Fsp3) is 0.550. The number of fused-ring (bicyclic) bond motifs is 6. The van der Waals surface area contributed by atoms with Crippen molar-refractivity contribution in [2.75, 3.05) is 64.2 Å². The second-order valence-electron chi connectivity index (χ2n) is 36.9. The average Bonchev–Trinajstić information content (AvgIpc) is 1.60. The van der Waals surface area contributed by atoms with Gasteiger partial charge in [-0.15, -0.1) is 0 Å². The Kier molecular flexibility index (Phi) is 66.8. The number of para-hydroxylation sites is 1. The first-order valence-electron chi connectivity index (χ1n) is 53.2. The molecule has 12 aromatic rings. The number of aromatic nitrogens is 10. The van der Waals surface area contributed by atoms with Crippen molar-refractivity contribution in [1.29, 1.82) is 0 Å². The van der Waals surface area contributed by atoms with E-state index in [1.807, 2.05) is 79.5 Å². The Labute approximate surface area is 899 Å². The van der Waals surface area contributed by atoms with E-state index in [9.17, 15) is 19.5 Å². The minimum Gasteiger partial charge on any atom is -0.537 e. The van der Waals surface area contributed by atoms with Gasteiger partial charge in [0.05, 0.1) is 102 Å². The second kappa shape index (κ2) is 78.0. The lowest BCUT2D eigenvalue weighted by Crippen LogP contribution is -2.40. The number of alkyl halides is 3. The Morgan fingerprint density at radius 3 is 1.15 bits per heavy atom. The van der Waals surface area contributed by atoms with Crippen molar-refractivity contribution in [3.8, 4) is 5.75 Å². The van der Waals surface area contributed by atoms with E-state index in [1.54, 1.807) is 36.7 Å². The van der Waals surface area contributed by atoms with Crippen molar-refractivity contribution in [2.45, 2.75) is 340 Å². The van der Waals surface area contributed by atoms with Gasteiger partial charge in [0, 0.05) is 54.1 Å². The van der Waals surface area contributed by atoms with Crippen molar-refractivity contribution in [1.82, 2.24) is 38.2 Å². The summed E-state index contributed by atoms with van der Waals surface area (Å²) in [6.45, 7) is 4.85. The zero-order chi connectivity index (χ0) is 104. The number of carbonyl (C=O) groups is 1. The van der Waals surface area contributed by atoms with Gasteiger partial charge in [-0.05, 0) is 176 Å². The number of rotatable bonds is 63. The molecule has 785 valence electrons. The van der Waals surface area contributed by atoms with Crippen LogP contribution in [0.4, 0.5) is 32.8 Å². The number of hydrogen-bond donors (Lipinski definition) is 16. The molecule has 6 heterocycles. The van der Waals surface area contributed by atoms with Crippen LogP contribution in [0.2, 0.25) is 0 Å². The van der Waals surface area contributed by atoms with E-state index < -0.39 is 21.4 Å². The molecule has 0 unspecified atom stereocenters. The molecule has 0 amide bonds. The summed E-state index contributed by atoms with van der Waals surface area (Å²) in [5, 5.41) is 56.4. The molecule has 143 heavy (non-hydrogen) atoms. The van der Waals surface area contributed by atoms with Gasteiger partial charge in [-0.3, -0.25) is 14.2 Å². The summed E-state index contributed by atoms with van der Waals surface area (Å²) in [5.74, 6) is 5.75. The SMILES string of the molecule is C1=Nc2cc3nc[nH]c3cc2C1.Nc1cc(N)c(N)cc1N.O=CO.OB(O)c1ccccc1CBr.O[B]Oc1ccccc1C[n+]1cn(CCCCCCCCCCCS)c2cc3c(cc21)[n+](Cc1ccccc1B(O)O)cn3CCCCCCCCCCCS.SCCCCCCCCCCCBr.SCCCCCCCCCCCn1cnc2cc3ncn(CCCCCCCCCCCS)c3cc21.[2H]CF. The first-order valence-corrected chi connectivity index (χ1v) is 57.9. The van der Waals surface area contributed by atoms with Crippen molar-refractivity contribution < 1.29 is 54.6 Å². The van der Waals surface area contributed by atoms with Crippen LogP contribution in [0, 0.1) is 0 Å². The topological polar surface area (TPSA) is 346 Å². The monoisotopic (exact) mass is 2190 g/mol. The third kappa shape index (κ3) is 47.8. The third-order valence-electron chi connectivity index (χ3n) is 25.8. The summed E-state index contributed by atoms with van der Waals surface area (Å²) >= 11 is 28.2. The number of unbranched alkanes of at least 4 members (excludes halogenated alkanes) is 40. The van der Waals surface area contributed by atoms with Gasteiger partial charge in [0.25, 0.3) is 6.47 Å². The minimum atomic E-state index is -1.53. The number of nitrogen functional groups attached to an aromatic ring is 4. The molecule has 1 aliphatic rings. The number of hydrogen-bond acceptors (Lipinski definition) is 20. The fourth-order valence-electron chi connectivity index (χ4n) is 17.8. The molecule has 0 spiro atoms. The van der Waals surface area contributed by atoms with Crippen LogP contribution in [0.25, 0.3) is 55.2 Å². The number of aliphatic imine (C=N–C) groups is 1. The molecule has 0 saturated carbocycles. The van der Waals surface area contributed by atoms with Gasteiger partial charge >= 0.3 is 21.9 Å². The number of aryl methyl sites for hydroxylation is 4. The van der Waals surface area contributed by atoms with E-state index in [-0.39, 0.29) is 6.47 Å². The quantitative estimate of drug-likeness (QED) is 0.00320. The molecule has 0 bridgehead atoms. The maximum Gasteiger partial charge on any atom is 0.569 e. The van der Waals surface area contributed by atoms with Crippen molar-refractivity contribution >= 4 is 224 Å². The maximum atomic E-state index is 10.2. The number of nitrogens with one attached hydrogen (secondary N) is 1. The zero-order valence-corrected chi connectivity index (χ0v) is 92.5. The normalized spacial score (nSPS) is 11.3. The largest absolute Gasteiger partial charge is 0.569 e. The van der Waals surface area contributed by atoms with Gasteiger partial charge in [0.15, 0.2) is 22.1 Å².